The summed E-state index contributed by atoms with van der Waals surface area (Å²) in [6.45, 7) is 7.09. The number of likely N-dealkylation sites (tertiary alicyclic amines) is 1. The van der Waals surface area contributed by atoms with Crippen molar-refractivity contribution in [3.05, 3.63) is 89.0 Å². The second-order valence-electron chi connectivity index (χ2n) is 8.92. The largest absolute Gasteiger partial charge is 0.322 e. The van der Waals surface area contributed by atoms with Gasteiger partial charge in [0, 0.05) is 23.5 Å². The third kappa shape index (κ3) is 6.04. The van der Waals surface area contributed by atoms with Crippen molar-refractivity contribution in [2.75, 3.05) is 23.1 Å². The van der Waals surface area contributed by atoms with Crippen molar-refractivity contribution >= 4 is 27.3 Å². The predicted octanol–water partition coefficient (Wildman–Crippen LogP) is 5.34. The van der Waals surface area contributed by atoms with Crippen LogP contribution in [0.15, 0.2) is 71.6 Å². The molecule has 34 heavy (non-hydrogen) atoms. The molecule has 0 atom stereocenters. The summed E-state index contributed by atoms with van der Waals surface area (Å²) in [6.07, 6.45) is 3.82. The van der Waals surface area contributed by atoms with Crippen molar-refractivity contribution in [1.29, 1.82) is 0 Å². The Morgan fingerprint density at radius 2 is 1.47 bits per heavy atom. The molecule has 0 saturated carbocycles. The molecule has 1 aliphatic heterocycles. The van der Waals surface area contributed by atoms with Crippen LogP contribution in [-0.2, 0) is 16.6 Å². The van der Waals surface area contributed by atoms with Crippen LogP contribution in [0, 0.1) is 13.8 Å². The van der Waals surface area contributed by atoms with Crippen molar-refractivity contribution < 1.29 is 13.2 Å². The highest BCUT2D eigenvalue weighted by atomic mass is 32.2. The lowest BCUT2D eigenvalue weighted by Crippen LogP contribution is -2.29. The number of aryl methyl sites for hydroxylation is 2. The Morgan fingerprint density at radius 1 is 0.824 bits per heavy atom. The van der Waals surface area contributed by atoms with Gasteiger partial charge in [-0.3, -0.25) is 14.4 Å². The van der Waals surface area contributed by atoms with Crippen LogP contribution in [0.25, 0.3) is 0 Å². The fourth-order valence-corrected chi connectivity index (χ4v) is 5.13. The van der Waals surface area contributed by atoms with Gasteiger partial charge in [0.05, 0.1) is 4.90 Å². The molecule has 3 aromatic carbocycles. The minimum Gasteiger partial charge on any atom is -0.322 e. The Labute approximate surface area is 202 Å². The van der Waals surface area contributed by atoms with E-state index in [0.29, 0.717) is 16.9 Å². The van der Waals surface area contributed by atoms with Gasteiger partial charge < -0.3 is 5.32 Å². The second kappa shape index (κ2) is 10.4. The van der Waals surface area contributed by atoms with E-state index in [2.05, 4.69) is 14.9 Å². The molecule has 1 fully saturated rings. The van der Waals surface area contributed by atoms with Crippen LogP contribution >= 0.6 is 0 Å². The maximum atomic E-state index is 12.7. The van der Waals surface area contributed by atoms with Crippen molar-refractivity contribution in [2.45, 2.75) is 44.6 Å². The lowest BCUT2D eigenvalue weighted by Gasteiger charge is -2.26. The van der Waals surface area contributed by atoms with E-state index in [1.807, 2.05) is 44.2 Å². The molecule has 1 aliphatic rings. The summed E-state index contributed by atoms with van der Waals surface area (Å²) in [4.78, 5) is 15.2. The number of nitrogens with one attached hydrogen (secondary N) is 2. The number of piperidine rings is 1. The van der Waals surface area contributed by atoms with Gasteiger partial charge in [0.15, 0.2) is 0 Å². The third-order valence-electron chi connectivity index (χ3n) is 6.25. The van der Waals surface area contributed by atoms with Gasteiger partial charge in [0.25, 0.3) is 15.9 Å². The van der Waals surface area contributed by atoms with Gasteiger partial charge in [0.1, 0.15) is 0 Å². The number of anilines is 2. The third-order valence-corrected chi connectivity index (χ3v) is 7.65. The fourth-order valence-electron chi connectivity index (χ4n) is 4.08. The number of hydrogen-bond donors (Lipinski definition) is 2. The Balaban J connectivity index is 1.37. The molecule has 1 heterocycles. The first-order valence-corrected chi connectivity index (χ1v) is 13.1. The standard InChI is InChI=1S/C27H31N3O3S/c1-20-6-11-25(18-21(20)2)29-34(32,33)26-14-12-24(13-15-26)28-27(31)23-9-7-22(8-10-23)19-30-16-4-3-5-17-30/h6-15,18,29H,3-5,16-17,19H2,1-2H3,(H,28,31). The fraction of sp³-hybridized carbons (Fsp3) is 0.296. The Morgan fingerprint density at radius 3 is 2.12 bits per heavy atom. The van der Waals surface area contributed by atoms with Crippen LogP contribution in [0.3, 0.4) is 0 Å². The zero-order valence-corrected chi connectivity index (χ0v) is 20.5. The van der Waals surface area contributed by atoms with Gasteiger partial charge in [-0.25, -0.2) is 8.42 Å². The van der Waals surface area contributed by atoms with E-state index in [1.54, 1.807) is 24.3 Å². The summed E-state index contributed by atoms with van der Waals surface area (Å²) >= 11 is 0. The molecule has 1 amide bonds. The molecular weight excluding hydrogens is 446 g/mol. The van der Waals surface area contributed by atoms with Crippen LogP contribution < -0.4 is 10.0 Å². The number of amides is 1. The lowest BCUT2D eigenvalue weighted by molar-refractivity contribution is 0.102. The summed E-state index contributed by atoms with van der Waals surface area (Å²) in [6, 6.07) is 19.3. The molecule has 0 aliphatic carbocycles. The number of carbonyl (C=O) groups is 1. The zero-order valence-electron chi connectivity index (χ0n) is 19.7. The molecule has 6 nitrogen and oxygen atoms in total. The topological polar surface area (TPSA) is 78.5 Å². The number of carbonyl (C=O) groups excluding carboxylic acids is 1. The first-order valence-electron chi connectivity index (χ1n) is 11.6. The monoisotopic (exact) mass is 477 g/mol. The zero-order chi connectivity index (χ0) is 24.1. The molecule has 0 radical (unpaired) electrons. The molecule has 7 heteroatoms. The highest BCUT2D eigenvalue weighted by molar-refractivity contribution is 7.92. The minimum atomic E-state index is -3.72. The maximum absolute atomic E-state index is 12.7. The van der Waals surface area contributed by atoms with E-state index in [-0.39, 0.29) is 10.8 Å². The Hall–Kier alpha value is -3.16. The molecule has 178 valence electrons. The molecular formula is C27H31N3O3S. The van der Waals surface area contributed by atoms with Gasteiger partial charge >= 0.3 is 0 Å². The quantitative estimate of drug-likeness (QED) is 0.481. The van der Waals surface area contributed by atoms with Crippen LogP contribution in [0.1, 0.15) is 46.3 Å². The minimum absolute atomic E-state index is 0.130. The van der Waals surface area contributed by atoms with Gasteiger partial charge in [-0.05, 0) is 105 Å². The summed E-state index contributed by atoms with van der Waals surface area (Å²) < 4.78 is 28.1. The normalized spacial score (nSPS) is 14.5. The molecule has 3 aromatic rings. The number of rotatable bonds is 7. The average molecular weight is 478 g/mol. The van der Waals surface area contributed by atoms with E-state index < -0.39 is 10.0 Å². The number of hydrogen-bond acceptors (Lipinski definition) is 4. The van der Waals surface area contributed by atoms with E-state index in [0.717, 1.165) is 30.8 Å². The Bertz CT molecular complexity index is 1250. The molecule has 2 N–H and O–H groups in total. The van der Waals surface area contributed by atoms with Gasteiger partial charge in [-0.2, -0.15) is 0 Å². The lowest BCUT2D eigenvalue weighted by atomic mass is 10.1. The van der Waals surface area contributed by atoms with Crippen molar-refractivity contribution in [3.63, 3.8) is 0 Å². The van der Waals surface area contributed by atoms with E-state index in [4.69, 9.17) is 0 Å². The summed E-state index contributed by atoms with van der Waals surface area (Å²) in [7, 11) is -3.72. The van der Waals surface area contributed by atoms with Crippen LogP contribution in [0.5, 0.6) is 0 Å². The van der Waals surface area contributed by atoms with Crippen LogP contribution in [0.2, 0.25) is 0 Å². The van der Waals surface area contributed by atoms with Gasteiger partial charge in [0.2, 0.25) is 0 Å². The summed E-state index contributed by atoms with van der Waals surface area (Å²) in [5.41, 5.74) is 4.92. The first-order chi connectivity index (χ1) is 16.3. The SMILES string of the molecule is Cc1ccc(NS(=O)(=O)c2ccc(NC(=O)c3ccc(CN4CCCCC4)cc3)cc2)cc1C. The number of benzene rings is 3. The molecule has 0 aromatic heterocycles. The predicted molar refractivity (Wildman–Crippen MR) is 137 cm³/mol. The van der Waals surface area contributed by atoms with Crippen molar-refractivity contribution in [3.8, 4) is 0 Å². The smallest absolute Gasteiger partial charge is 0.261 e. The molecule has 1 saturated heterocycles. The van der Waals surface area contributed by atoms with Gasteiger partial charge in [-0.1, -0.05) is 24.6 Å². The maximum Gasteiger partial charge on any atom is 0.261 e. The van der Waals surface area contributed by atoms with Gasteiger partial charge in [-0.15, -0.1) is 0 Å². The Kier molecular flexibility index (Phi) is 7.34. The number of nitrogens with zero attached hydrogens (tertiary/aromatic N) is 1. The van der Waals surface area contributed by atoms with E-state index in [9.17, 15) is 13.2 Å². The highest BCUT2D eigenvalue weighted by Gasteiger charge is 2.15. The average Bonchev–Trinajstić information content (AvgIpc) is 2.83. The van der Waals surface area contributed by atoms with Crippen LogP contribution in [-0.4, -0.2) is 32.3 Å². The molecule has 0 unspecified atom stereocenters. The van der Waals surface area contributed by atoms with Crippen molar-refractivity contribution in [2.24, 2.45) is 0 Å². The summed E-state index contributed by atoms with van der Waals surface area (Å²) in [5, 5.41) is 2.84. The second-order valence-corrected chi connectivity index (χ2v) is 10.6. The molecule has 4 rings (SSSR count). The number of sulfonamides is 1. The van der Waals surface area contributed by atoms with Crippen LogP contribution in [0.4, 0.5) is 11.4 Å². The summed E-state index contributed by atoms with van der Waals surface area (Å²) in [5.74, 6) is -0.228. The highest BCUT2D eigenvalue weighted by Crippen LogP contribution is 2.21. The van der Waals surface area contributed by atoms with E-state index in [1.165, 1.54) is 37.0 Å². The molecule has 0 spiro atoms. The first kappa shape index (κ1) is 24.0. The van der Waals surface area contributed by atoms with Crippen molar-refractivity contribution in [1.82, 2.24) is 4.90 Å². The van der Waals surface area contributed by atoms with E-state index >= 15 is 0 Å². The molecule has 0 bridgehead atoms.